The second kappa shape index (κ2) is 26.7. The Hall–Kier alpha value is -0.530. The van der Waals surface area contributed by atoms with Crippen molar-refractivity contribution in [3.8, 4) is 0 Å². The lowest BCUT2D eigenvalue weighted by molar-refractivity contribution is -0.127. The number of aliphatic hydroxyl groups is 1. The van der Waals surface area contributed by atoms with E-state index in [1.54, 1.807) is 0 Å². The SMILES string of the molecule is CCCCCCCCCCCCCCCCOCC(COCCOCCO)OCC(C)=O. The molecule has 192 valence electrons. The molecule has 0 rings (SSSR count). The van der Waals surface area contributed by atoms with E-state index in [4.69, 9.17) is 24.1 Å². The summed E-state index contributed by atoms with van der Waals surface area (Å²) in [5.41, 5.74) is 0. The van der Waals surface area contributed by atoms with Crippen molar-refractivity contribution in [1.29, 1.82) is 0 Å². The smallest absolute Gasteiger partial charge is 0.155 e. The number of hydrogen-bond donors (Lipinski definition) is 1. The maximum atomic E-state index is 11.2. The summed E-state index contributed by atoms with van der Waals surface area (Å²) in [6, 6.07) is 0. The Morgan fingerprint density at radius 1 is 0.656 bits per heavy atom. The van der Waals surface area contributed by atoms with Crippen molar-refractivity contribution in [2.75, 3.05) is 52.9 Å². The quantitative estimate of drug-likeness (QED) is 0.164. The van der Waals surface area contributed by atoms with Crippen molar-refractivity contribution in [3.63, 3.8) is 0 Å². The summed E-state index contributed by atoms with van der Waals surface area (Å²) in [5, 5.41) is 8.67. The molecule has 0 fully saturated rings. The predicted octanol–water partition coefficient (Wildman–Crippen LogP) is 5.48. The molecule has 1 unspecified atom stereocenters. The van der Waals surface area contributed by atoms with Crippen LogP contribution in [0.5, 0.6) is 0 Å². The van der Waals surface area contributed by atoms with Crippen LogP contribution in [0.25, 0.3) is 0 Å². The van der Waals surface area contributed by atoms with Gasteiger partial charge in [0.15, 0.2) is 5.78 Å². The molecule has 0 aromatic heterocycles. The zero-order chi connectivity index (χ0) is 23.5. The number of hydrogen-bond acceptors (Lipinski definition) is 6. The van der Waals surface area contributed by atoms with Crippen molar-refractivity contribution < 1.29 is 28.8 Å². The number of rotatable bonds is 27. The zero-order valence-electron chi connectivity index (χ0n) is 21.1. The van der Waals surface area contributed by atoms with Crippen LogP contribution in [0.15, 0.2) is 0 Å². The van der Waals surface area contributed by atoms with E-state index in [0.29, 0.717) is 33.0 Å². The van der Waals surface area contributed by atoms with Crippen LogP contribution in [0.1, 0.15) is 104 Å². The summed E-state index contributed by atoms with van der Waals surface area (Å²) in [7, 11) is 0. The molecule has 0 spiro atoms. The number of carbonyl (C=O) groups excluding carboxylic acids is 1. The van der Waals surface area contributed by atoms with E-state index in [0.717, 1.165) is 13.0 Å². The number of unbranched alkanes of at least 4 members (excludes halogenated alkanes) is 13. The third kappa shape index (κ3) is 25.7. The minimum Gasteiger partial charge on any atom is -0.394 e. The highest BCUT2D eigenvalue weighted by atomic mass is 16.6. The first-order valence-corrected chi connectivity index (χ1v) is 13.2. The van der Waals surface area contributed by atoms with E-state index in [1.165, 1.54) is 90.4 Å². The Labute approximate surface area is 197 Å². The second-order valence-corrected chi connectivity index (χ2v) is 8.72. The molecule has 0 saturated carbocycles. The fourth-order valence-electron chi connectivity index (χ4n) is 3.49. The zero-order valence-corrected chi connectivity index (χ0v) is 21.1. The molecule has 0 radical (unpaired) electrons. The average molecular weight is 461 g/mol. The molecule has 0 aliphatic heterocycles. The van der Waals surface area contributed by atoms with Gasteiger partial charge in [-0.2, -0.15) is 0 Å². The largest absolute Gasteiger partial charge is 0.394 e. The molecule has 0 amide bonds. The molecule has 0 aliphatic rings. The molecule has 0 heterocycles. The monoisotopic (exact) mass is 460 g/mol. The van der Waals surface area contributed by atoms with Crippen molar-refractivity contribution in [3.05, 3.63) is 0 Å². The highest BCUT2D eigenvalue weighted by molar-refractivity contribution is 5.76. The summed E-state index contributed by atoms with van der Waals surface area (Å²) in [5.74, 6) is -0.00625. The van der Waals surface area contributed by atoms with Crippen LogP contribution in [0, 0.1) is 0 Å². The number of carbonyl (C=O) groups is 1. The molecule has 0 aliphatic carbocycles. The van der Waals surface area contributed by atoms with Crippen LogP contribution < -0.4 is 0 Å². The van der Waals surface area contributed by atoms with Gasteiger partial charge in [-0.25, -0.2) is 0 Å². The van der Waals surface area contributed by atoms with Crippen LogP contribution >= 0.6 is 0 Å². The average Bonchev–Trinajstić information content (AvgIpc) is 2.78. The minimum absolute atomic E-state index is 0.00625. The van der Waals surface area contributed by atoms with Crippen molar-refractivity contribution in [1.82, 2.24) is 0 Å². The van der Waals surface area contributed by atoms with Crippen molar-refractivity contribution in [2.24, 2.45) is 0 Å². The van der Waals surface area contributed by atoms with Gasteiger partial charge in [-0.1, -0.05) is 90.4 Å². The van der Waals surface area contributed by atoms with E-state index in [9.17, 15) is 4.79 Å². The highest BCUT2D eigenvalue weighted by Gasteiger charge is 2.11. The van der Waals surface area contributed by atoms with Gasteiger partial charge in [0.1, 0.15) is 12.7 Å². The Morgan fingerprint density at radius 2 is 1.12 bits per heavy atom. The Morgan fingerprint density at radius 3 is 1.62 bits per heavy atom. The van der Waals surface area contributed by atoms with Gasteiger partial charge in [0.25, 0.3) is 0 Å². The molecule has 0 bridgehead atoms. The molecular weight excluding hydrogens is 408 g/mol. The molecule has 0 aromatic carbocycles. The maximum absolute atomic E-state index is 11.2. The first kappa shape index (κ1) is 31.5. The molecule has 6 heteroatoms. The lowest BCUT2D eigenvalue weighted by atomic mass is 10.0. The summed E-state index contributed by atoms with van der Waals surface area (Å²) in [4.78, 5) is 11.2. The fourth-order valence-corrected chi connectivity index (χ4v) is 3.49. The van der Waals surface area contributed by atoms with E-state index in [-0.39, 0.29) is 25.1 Å². The van der Waals surface area contributed by atoms with Crippen molar-refractivity contribution >= 4 is 5.78 Å². The lowest BCUT2D eigenvalue weighted by Gasteiger charge is -2.17. The van der Waals surface area contributed by atoms with Gasteiger partial charge in [-0.05, 0) is 13.3 Å². The van der Waals surface area contributed by atoms with E-state index >= 15 is 0 Å². The Balaban J connectivity index is 3.50. The third-order valence-electron chi connectivity index (χ3n) is 5.38. The van der Waals surface area contributed by atoms with E-state index in [1.807, 2.05) is 0 Å². The topological polar surface area (TPSA) is 74.2 Å². The van der Waals surface area contributed by atoms with Crippen LogP contribution in [0.3, 0.4) is 0 Å². The van der Waals surface area contributed by atoms with Gasteiger partial charge in [0.2, 0.25) is 0 Å². The van der Waals surface area contributed by atoms with Gasteiger partial charge in [-0.15, -0.1) is 0 Å². The van der Waals surface area contributed by atoms with Gasteiger partial charge < -0.3 is 24.1 Å². The summed E-state index contributed by atoms with van der Waals surface area (Å²) in [6.45, 7) is 6.57. The van der Waals surface area contributed by atoms with E-state index < -0.39 is 0 Å². The van der Waals surface area contributed by atoms with Crippen molar-refractivity contribution in [2.45, 2.75) is 110 Å². The number of ketones is 1. The number of ether oxygens (including phenoxy) is 4. The molecular formula is C26H52O6. The fraction of sp³-hybridized carbons (Fsp3) is 0.962. The van der Waals surface area contributed by atoms with Crippen LogP contribution in [0.4, 0.5) is 0 Å². The third-order valence-corrected chi connectivity index (χ3v) is 5.38. The Bertz CT molecular complexity index is 377. The number of Topliss-reactive ketones (excluding diaryl/α,β-unsaturated/α-hetero) is 1. The standard InChI is InChI=1S/C26H52O6/c1-3-4-5-6-7-8-9-10-11-12-13-14-15-16-18-30-23-26(32-22-25(2)28)24-31-21-20-29-19-17-27/h26-27H,3-24H2,1-2H3. The molecule has 6 nitrogen and oxygen atoms in total. The molecule has 32 heavy (non-hydrogen) atoms. The normalized spacial score (nSPS) is 12.3. The van der Waals surface area contributed by atoms with Crippen LogP contribution in [0.2, 0.25) is 0 Å². The number of aliphatic hydroxyl groups excluding tert-OH is 1. The molecule has 0 aromatic rings. The second-order valence-electron chi connectivity index (χ2n) is 8.72. The first-order chi connectivity index (χ1) is 15.7. The van der Waals surface area contributed by atoms with E-state index in [2.05, 4.69) is 6.92 Å². The highest BCUT2D eigenvalue weighted by Crippen LogP contribution is 2.13. The predicted molar refractivity (Wildman–Crippen MR) is 130 cm³/mol. The van der Waals surface area contributed by atoms with Gasteiger partial charge in [0, 0.05) is 6.61 Å². The maximum Gasteiger partial charge on any atom is 0.155 e. The van der Waals surface area contributed by atoms with Gasteiger partial charge in [0.05, 0.1) is 39.6 Å². The van der Waals surface area contributed by atoms with Crippen LogP contribution in [-0.4, -0.2) is 69.8 Å². The first-order valence-electron chi connectivity index (χ1n) is 13.2. The minimum atomic E-state index is -0.247. The molecule has 1 atom stereocenters. The summed E-state index contributed by atoms with van der Waals surface area (Å²) in [6.07, 6.45) is 18.6. The Kier molecular flexibility index (Phi) is 26.3. The summed E-state index contributed by atoms with van der Waals surface area (Å²) < 4.78 is 22.0. The molecule has 1 N–H and O–H groups in total. The van der Waals surface area contributed by atoms with Gasteiger partial charge in [-0.3, -0.25) is 4.79 Å². The lowest BCUT2D eigenvalue weighted by Crippen LogP contribution is -2.28. The van der Waals surface area contributed by atoms with Gasteiger partial charge >= 0.3 is 0 Å². The summed E-state index contributed by atoms with van der Waals surface area (Å²) >= 11 is 0. The molecule has 0 saturated heterocycles. The van der Waals surface area contributed by atoms with Crippen LogP contribution in [-0.2, 0) is 23.7 Å².